The van der Waals surface area contributed by atoms with Crippen LogP contribution in [0.2, 0.25) is 0 Å². The van der Waals surface area contributed by atoms with Crippen molar-refractivity contribution in [3.05, 3.63) is 33.2 Å². The zero-order valence-electron chi connectivity index (χ0n) is 10.3. The minimum absolute atomic E-state index is 0.111. The number of pyridine rings is 1. The van der Waals surface area contributed by atoms with E-state index >= 15 is 0 Å². The summed E-state index contributed by atoms with van der Waals surface area (Å²) in [4.78, 5) is 23.0. The topological polar surface area (TPSA) is 59.3 Å². The Kier molecular flexibility index (Phi) is 4.81. The number of hydrogen-bond donors (Lipinski definition) is 1. The first kappa shape index (κ1) is 13.8. The molecule has 17 heavy (non-hydrogen) atoms. The Morgan fingerprint density at radius 3 is 2.65 bits per heavy atom. The van der Waals surface area contributed by atoms with Crippen molar-refractivity contribution in [3.63, 3.8) is 0 Å². The monoisotopic (exact) mass is 255 g/mol. The first-order valence-corrected chi connectivity index (χ1v) is 6.81. The third-order valence-corrected chi connectivity index (χ3v) is 3.35. The van der Waals surface area contributed by atoms with E-state index in [-0.39, 0.29) is 5.56 Å². The molecular weight excluding hydrogens is 238 g/mol. The van der Waals surface area contributed by atoms with E-state index in [4.69, 9.17) is 5.11 Å². The Balaban J connectivity index is 3.17. The summed E-state index contributed by atoms with van der Waals surface area (Å²) in [5, 5.41) is 9.02. The summed E-state index contributed by atoms with van der Waals surface area (Å²) < 4.78 is 1.55. The summed E-state index contributed by atoms with van der Waals surface area (Å²) >= 11 is 1.71. The van der Waals surface area contributed by atoms with Crippen molar-refractivity contribution in [2.24, 2.45) is 0 Å². The lowest BCUT2D eigenvalue weighted by Gasteiger charge is -2.12. The molecule has 1 aromatic rings. The fourth-order valence-corrected chi connectivity index (χ4v) is 2.25. The third kappa shape index (κ3) is 3.12. The van der Waals surface area contributed by atoms with Crippen molar-refractivity contribution in [1.29, 1.82) is 0 Å². The van der Waals surface area contributed by atoms with E-state index in [0.717, 1.165) is 17.9 Å². The number of carboxylic acid groups (broad SMARTS) is 1. The van der Waals surface area contributed by atoms with Crippen LogP contribution >= 0.6 is 11.8 Å². The second-order valence-electron chi connectivity index (χ2n) is 3.95. The lowest BCUT2D eigenvalue weighted by Crippen LogP contribution is -2.29. The summed E-state index contributed by atoms with van der Waals surface area (Å²) in [7, 11) is 0. The molecule has 0 saturated heterocycles. The molecule has 4 nitrogen and oxygen atoms in total. The van der Waals surface area contributed by atoms with E-state index in [1.807, 2.05) is 13.2 Å². The molecule has 0 aliphatic carbocycles. The molecule has 0 amide bonds. The minimum Gasteiger partial charge on any atom is -0.477 e. The number of aromatic nitrogens is 1. The molecule has 5 heteroatoms. The van der Waals surface area contributed by atoms with Crippen LogP contribution in [0.3, 0.4) is 0 Å². The van der Waals surface area contributed by atoms with Crippen LogP contribution in [-0.4, -0.2) is 27.7 Å². The van der Waals surface area contributed by atoms with E-state index in [1.54, 1.807) is 29.3 Å². The molecule has 0 fully saturated rings. The predicted molar refractivity (Wildman–Crippen MR) is 70.1 cm³/mol. The number of carboxylic acids is 1. The van der Waals surface area contributed by atoms with Gasteiger partial charge in [0, 0.05) is 12.2 Å². The number of hydrogen-bond acceptors (Lipinski definition) is 3. The van der Waals surface area contributed by atoms with Gasteiger partial charge in [-0.3, -0.25) is 4.79 Å². The van der Waals surface area contributed by atoms with Crippen LogP contribution in [0.1, 0.15) is 28.0 Å². The minimum atomic E-state index is -1.15. The summed E-state index contributed by atoms with van der Waals surface area (Å²) in [6.07, 6.45) is 2.87. The van der Waals surface area contributed by atoms with E-state index < -0.39 is 11.5 Å². The van der Waals surface area contributed by atoms with Crippen molar-refractivity contribution in [1.82, 2.24) is 4.57 Å². The Morgan fingerprint density at radius 1 is 1.47 bits per heavy atom. The highest BCUT2D eigenvalue weighted by Crippen LogP contribution is 2.07. The highest BCUT2D eigenvalue weighted by atomic mass is 32.2. The van der Waals surface area contributed by atoms with Crippen molar-refractivity contribution in [2.75, 3.05) is 12.0 Å². The van der Waals surface area contributed by atoms with Gasteiger partial charge in [0.1, 0.15) is 5.56 Å². The number of nitrogens with zero attached hydrogens (tertiary/aromatic N) is 1. The molecule has 0 spiro atoms. The highest BCUT2D eigenvalue weighted by Gasteiger charge is 2.15. The van der Waals surface area contributed by atoms with Gasteiger partial charge in [-0.2, -0.15) is 11.8 Å². The zero-order chi connectivity index (χ0) is 13.0. The second kappa shape index (κ2) is 5.91. The fraction of sp³-hybridized carbons (Fsp3) is 0.500. The first-order chi connectivity index (χ1) is 7.99. The largest absolute Gasteiger partial charge is 0.477 e. The Labute approximate surface area is 105 Å². The summed E-state index contributed by atoms with van der Waals surface area (Å²) in [5.41, 5.74) is 0.843. The maximum absolute atomic E-state index is 12.0. The molecular formula is C12H17NO3S. The highest BCUT2D eigenvalue weighted by molar-refractivity contribution is 7.98. The van der Waals surface area contributed by atoms with Crippen LogP contribution in [0, 0.1) is 13.8 Å². The Bertz CT molecular complexity index is 479. The normalized spacial score (nSPS) is 10.5. The quantitative estimate of drug-likeness (QED) is 0.817. The second-order valence-corrected chi connectivity index (χ2v) is 4.94. The number of carbonyl (C=O) groups is 1. The maximum atomic E-state index is 12.0. The smallest absolute Gasteiger partial charge is 0.341 e. The zero-order valence-corrected chi connectivity index (χ0v) is 11.1. The predicted octanol–water partition coefficient (Wildman–Crippen LogP) is 1.92. The molecule has 0 radical (unpaired) electrons. The van der Waals surface area contributed by atoms with Crippen molar-refractivity contribution in [3.8, 4) is 0 Å². The molecule has 1 rings (SSSR count). The molecule has 0 saturated carbocycles. The van der Waals surface area contributed by atoms with Gasteiger partial charge in [0.25, 0.3) is 5.56 Å². The lowest BCUT2D eigenvalue weighted by molar-refractivity contribution is 0.0693. The van der Waals surface area contributed by atoms with Crippen LogP contribution in [0.15, 0.2) is 10.9 Å². The van der Waals surface area contributed by atoms with Gasteiger partial charge in [0.2, 0.25) is 0 Å². The molecule has 1 heterocycles. The van der Waals surface area contributed by atoms with E-state index in [2.05, 4.69) is 0 Å². The van der Waals surface area contributed by atoms with Crippen LogP contribution in [0.4, 0.5) is 0 Å². The molecule has 0 atom stereocenters. The molecule has 0 unspecified atom stereocenters. The van der Waals surface area contributed by atoms with Crippen LogP contribution < -0.4 is 5.56 Å². The summed E-state index contributed by atoms with van der Waals surface area (Å²) in [6.45, 7) is 4.06. The van der Waals surface area contributed by atoms with Crippen molar-refractivity contribution < 1.29 is 9.90 Å². The molecule has 94 valence electrons. The maximum Gasteiger partial charge on any atom is 0.341 e. The van der Waals surface area contributed by atoms with E-state index in [1.165, 1.54) is 0 Å². The average molecular weight is 255 g/mol. The van der Waals surface area contributed by atoms with Crippen LogP contribution in [0.5, 0.6) is 0 Å². The molecule has 0 aliphatic heterocycles. The van der Waals surface area contributed by atoms with Gasteiger partial charge in [-0.25, -0.2) is 4.79 Å². The molecule has 0 aromatic carbocycles. The molecule has 0 aliphatic rings. The number of aryl methyl sites for hydroxylation is 2. The number of aromatic carboxylic acids is 1. The number of rotatable bonds is 5. The SMILES string of the molecule is CSCCCn1c(C)cc(C)c(C(=O)O)c1=O. The van der Waals surface area contributed by atoms with Crippen molar-refractivity contribution in [2.45, 2.75) is 26.8 Å². The third-order valence-electron chi connectivity index (χ3n) is 2.65. The van der Waals surface area contributed by atoms with Gasteiger partial charge in [-0.15, -0.1) is 0 Å². The number of thioether (sulfide) groups is 1. The van der Waals surface area contributed by atoms with Crippen LogP contribution in [0.25, 0.3) is 0 Å². The van der Waals surface area contributed by atoms with Gasteiger partial charge in [-0.1, -0.05) is 0 Å². The summed E-state index contributed by atoms with van der Waals surface area (Å²) in [5.74, 6) is -0.187. The molecule has 1 aromatic heterocycles. The molecule has 0 bridgehead atoms. The van der Waals surface area contributed by atoms with Gasteiger partial charge < -0.3 is 9.67 Å². The Hall–Kier alpha value is -1.23. The van der Waals surface area contributed by atoms with Gasteiger partial charge in [0.15, 0.2) is 0 Å². The van der Waals surface area contributed by atoms with Gasteiger partial charge >= 0.3 is 5.97 Å². The lowest BCUT2D eigenvalue weighted by atomic mass is 10.1. The average Bonchev–Trinajstić information content (AvgIpc) is 2.21. The van der Waals surface area contributed by atoms with Crippen LogP contribution in [-0.2, 0) is 6.54 Å². The van der Waals surface area contributed by atoms with Gasteiger partial charge in [0.05, 0.1) is 0 Å². The first-order valence-electron chi connectivity index (χ1n) is 5.42. The standard InChI is InChI=1S/C12H17NO3S/c1-8-7-9(2)13(5-4-6-17-3)11(14)10(8)12(15)16/h7H,4-6H2,1-3H3,(H,15,16). The van der Waals surface area contributed by atoms with Crippen molar-refractivity contribution >= 4 is 17.7 Å². The van der Waals surface area contributed by atoms with E-state index in [0.29, 0.717) is 12.1 Å². The summed E-state index contributed by atoms with van der Waals surface area (Å²) in [6, 6.07) is 1.75. The fourth-order valence-electron chi connectivity index (χ4n) is 1.83. The molecule has 1 N–H and O–H groups in total. The van der Waals surface area contributed by atoms with E-state index in [9.17, 15) is 9.59 Å². The van der Waals surface area contributed by atoms with Gasteiger partial charge in [-0.05, 0) is 43.9 Å². The Morgan fingerprint density at radius 2 is 2.12 bits per heavy atom.